The number of Topliss-reactive ketones (excluding diaryl/α,β-unsaturated/α-hetero) is 1. The SMILES string of the molecule is COc1ccc2nc(SCC(=O)C3(O)CCC4C5CCC6=Cc7c(cnn7-c7ccc(F)cc7)CC6(C)C5[C@@H](O)CC43C)sc2c1. The number of carbonyl (C=O) groups is 1. The molecule has 6 unspecified atom stereocenters. The van der Waals surface area contributed by atoms with Crippen LogP contribution in [0, 0.1) is 34.4 Å². The summed E-state index contributed by atoms with van der Waals surface area (Å²) >= 11 is 2.91. The van der Waals surface area contributed by atoms with Crippen LogP contribution in [0.25, 0.3) is 22.0 Å². The largest absolute Gasteiger partial charge is 0.497 e. The molecule has 2 aromatic heterocycles. The molecule has 0 saturated heterocycles. The number of hydrogen-bond donors (Lipinski definition) is 2. The Morgan fingerprint density at radius 2 is 2.00 bits per heavy atom. The number of thioether (sulfide) groups is 1. The van der Waals surface area contributed by atoms with Gasteiger partial charge in [-0.3, -0.25) is 4.79 Å². The molecule has 0 radical (unpaired) electrons. The summed E-state index contributed by atoms with van der Waals surface area (Å²) in [4.78, 5) is 18.6. The predicted molar refractivity (Wildman–Crippen MR) is 178 cm³/mol. The van der Waals surface area contributed by atoms with Gasteiger partial charge in [-0.2, -0.15) is 5.10 Å². The fourth-order valence-electron chi connectivity index (χ4n) is 9.75. The Morgan fingerprint density at radius 1 is 1.20 bits per heavy atom. The van der Waals surface area contributed by atoms with Crippen LogP contribution in [0.2, 0.25) is 0 Å². The van der Waals surface area contributed by atoms with Crippen molar-refractivity contribution >= 4 is 45.2 Å². The second-order valence-electron chi connectivity index (χ2n) is 14.2. The van der Waals surface area contributed by atoms with Gasteiger partial charge >= 0.3 is 0 Å². The molecule has 2 N–H and O–H groups in total. The van der Waals surface area contributed by atoms with Gasteiger partial charge in [0.25, 0.3) is 0 Å². The fourth-order valence-corrected chi connectivity index (χ4v) is 11.8. The molecule has 240 valence electrons. The van der Waals surface area contributed by atoms with Gasteiger partial charge in [-0.05, 0) is 116 Å². The number of rotatable bonds is 6. The summed E-state index contributed by atoms with van der Waals surface area (Å²) < 4.78 is 22.6. The summed E-state index contributed by atoms with van der Waals surface area (Å²) in [6.07, 6.45) is 7.70. The number of methoxy groups -OCH3 is 1. The molecule has 4 aromatic rings. The van der Waals surface area contributed by atoms with Gasteiger partial charge in [0.15, 0.2) is 10.1 Å². The maximum absolute atomic E-state index is 13.9. The Labute approximate surface area is 275 Å². The van der Waals surface area contributed by atoms with Crippen molar-refractivity contribution in [3.63, 3.8) is 0 Å². The fraction of sp³-hybridized carbons (Fsp3) is 0.472. The van der Waals surface area contributed by atoms with E-state index < -0.39 is 17.1 Å². The number of halogens is 1. The van der Waals surface area contributed by atoms with Crippen LogP contribution in [-0.2, 0) is 11.2 Å². The predicted octanol–water partition coefficient (Wildman–Crippen LogP) is 6.88. The Kier molecular flexibility index (Phi) is 7.07. The van der Waals surface area contributed by atoms with E-state index in [1.807, 2.05) is 29.1 Å². The average Bonchev–Trinajstić information content (AvgIpc) is 3.71. The number of ether oxygens (including phenoxy) is 1. The monoisotopic (exact) mass is 659 g/mol. The van der Waals surface area contributed by atoms with Crippen molar-refractivity contribution in [1.82, 2.24) is 14.8 Å². The van der Waals surface area contributed by atoms with E-state index in [9.17, 15) is 19.4 Å². The molecular formula is C36H38FN3O4S2. The van der Waals surface area contributed by atoms with E-state index in [1.165, 1.54) is 40.8 Å². The molecule has 3 fully saturated rings. The highest BCUT2D eigenvalue weighted by Gasteiger charge is 2.68. The number of carbonyl (C=O) groups excluding carboxylic acids is 1. The minimum Gasteiger partial charge on any atom is -0.497 e. The highest BCUT2D eigenvalue weighted by atomic mass is 32.2. The summed E-state index contributed by atoms with van der Waals surface area (Å²) in [6.45, 7) is 4.34. The van der Waals surface area contributed by atoms with Gasteiger partial charge < -0.3 is 14.9 Å². The minimum absolute atomic E-state index is 0.0273. The van der Waals surface area contributed by atoms with Crippen molar-refractivity contribution in [2.45, 2.75) is 68.4 Å². The van der Waals surface area contributed by atoms with Crippen LogP contribution in [-0.4, -0.2) is 55.3 Å². The molecule has 46 heavy (non-hydrogen) atoms. The van der Waals surface area contributed by atoms with Crippen molar-refractivity contribution < 1.29 is 24.1 Å². The summed E-state index contributed by atoms with van der Waals surface area (Å²) in [5, 5.41) is 28.9. The topological polar surface area (TPSA) is 97.5 Å². The van der Waals surface area contributed by atoms with E-state index in [-0.39, 0.29) is 40.5 Å². The van der Waals surface area contributed by atoms with Gasteiger partial charge in [-0.25, -0.2) is 14.1 Å². The molecule has 7 nitrogen and oxygen atoms in total. The van der Waals surface area contributed by atoms with E-state index in [0.29, 0.717) is 12.8 Å². The third-order valence-electron chi connectivity index (χ3n) is 12.0. The highest BCUT2D eigenvalue weighted by Crippen LogP contribution is 2.67. The summed E-state index contributed by atoms with van der Waals surface area (Å²) in [5.74, 6) is 0.856. The van der Waals surface area contributed by atoms with Crippen LogP contribution < -0.4 is 4.74 Å². The third-order valence-corrected chi connectivity index (χ3v) is 14.2. The molecule has 0 bridgehead atoms. The van der Waals surface area contributed by atoms with Crippen LogP contribution in [0.5, 0.6) is 5.75 Å². The molecule has 2 aromatic carbocycles. The van der Waals surface area contributed by atoms with Crippen molar-refractivity contribution in [3.05, 3.63) is 71.3 Å². The van der Waals surface area contributed by atoms with Gasteiger partial charge in [0, 0.05) is 5.41 Å². The number of aromatic nitrogens is 3. The minimum atomic E-state index is -1.48. The highest BCUT2D eigenvalue weighted by molar-refractivity contribution is 8.01. The first kappa shape index (κ1) is 30.3. The van der Waals surface area contributed by atoms with Gasteiger partial charge in [-0.15, -0.1) is 11.3 Å². The average molecular weight is 660 g/mol. The van der Waals surface area contributed by atoms with Crippen LogP contribution in [0.1, 0.15) is 57.2 Å². The standard InChI is InChI=1S/C36H38FN3O4S2/c1-34-16-20-18-38-40(23-7-5-22(37)6-8-23)28(20)14-21(34)4-10-25-26-12-13-36(43,35(26,2)17-29(41)32(25)34)31(42)19-45-33-39-27-11-9-24(44-3)15-30(27)46-33/h5-9,11,14-15,18,25-26,29,32,41,43H,4,10,12-13,16-17,19H2,1-3H3/t25?,26?,29-,32?,34?,35?,36?/m0/s1. The molecule has 10 heteroatoms. The maximum Gasteiger partial charge on any atom is 0.175 e. The molecule has 0 aliphatic heterocycles. The number of nitrogens with zero attached hydrogens (tertiary/aromatic N) is 3. The number of hydrogen-bond acceptors (Lipinski definition) is 8. The Bertz CT molecular complexity index is 1890. The van der Waals surface area contributed by atoms with Gasteiger partial charge in [0.2, 0.25) is 0 Å². The second-order valence-corrected chi connectivity index (χ2v) is 16.4. The summed E-state index contributed by atoms with van der Waals surface area (Å²) in [6, 6.07) is 12.1. The molecular weight excluding hydrogens is 622 g/mol. The maximum atomic E-state index is 13.9. The third kappa shape index (κ3) is 4.39. The molecule has 8 rings (SSSR count). The molecule has 4 aliphatic rings. The lowest BCUT2D eigenvalue weighted by molar-refractivity contribution is -0.177. The number of aliphatic hydroxyl groups is 2. The first-order valence-electron chi connectivity index (χ1n) is 16.1. The molecule has 0 spiro atoms. The van der Waals surface area contributed by atoms with Crippen LogP contribution in [0.3, 0.4) is 0 Å². The number of allylic oxidation sites excluding steroid dienone is 1. The second kappa shape index (κ2) is 10.7. The molecule has 2 heterocycles. The quantitative estimate of drug-likeness (QED) is 0.218. The van der Waals surface area contributed by atoms with Crippen molar-refractivity contribution in [1.29, 1.82) is 0 Å². The van der Waals surface area contributed by atoms with Gasteiger partial charge in [-0.1, -0.05) is 31.2 Å². The summed E-state index contributed by atoms with van der Waals surface area (Å²) in [5.41, 5.74) is 2.73. The summed E-state index contributed by atoms with van der Waals surface area (Å²) in [7, 11) is 1.64. The van der Waals surface area contributed by atoms with E-state index >= 15 is 0 Å². The number of thiazole rings is 1. The van der Waals surface area contributed by atoms with Crippen LogP contribution in [0.4, 0.5) is 4.39 Å². The Morgan fingerprint density at radius 3 is 2.78 bits per heavy atom. The zero-order chi connectivity index (χ0) is 32.0. The van der Waals surface area contributed by atoms with E-state index in [0.717, 1.165) is 62.9 Å². The Balaban J connectivity index is 1.03. The lowest BCUT2D eigenvalue weighted by atomic mass is 9.45. The number of aliphatic hydroxyl groups excluding tert-OH is 1. The van der Waals surface area contributed by atoms with Gasteiger partial charge in [0.1, 0.15) is 17.2 Å². The zero-order valence-corrected chi connectivity index (χ0v) is 27.8. The Hall–Kier alpha value is -3.05. The van der Waals surface area contributed by atoms with Gasteiger partial charge in [0.05, 0.1) is 46.8 Å². The molecule has 0 amide bonds. The molecule has 7 atom stereocenters. The van der Waals surface area contributed by atoms with Crippen molar-refractivity contribution in [2.75, 3.05) is 12.9 Å². The van der Waals surface area contributed by atoms with Crippen LogP contribution >= 0.6 is 23.1 Å². The lowest BCUT2D eigenvalue weighted by Gasteiger charge is -2.60. The van der Waals surface area contributed by atoms with Crippen molar-refractivity contribution in [2.24, 2.45) is 28.6 Å². The normalized spacial score (nSPS) is 33.1. The lowest BCUT2D eigenvalue weighted by Crippen LogP contribution is -2.62. The smallest absolute Gasteiger partial charge is 0.175 e. The van der Waals surface area contributed by atoms with E-state index in [2.05, 4.69) is 30.0 Å². The van der Waals surface area contributed by atoms with E-state index in [1.54, 1.807) is 19.2 Å². The first-order chi connectivity index (χ1) is 22.0. The van der Waals surface area contributed by atoms with Crippen molar-refractivity contribution in [3.8, 4) is 11.4 Å². The van der Waals surface area contributed by atoms with E-state index in [4.69, 9.17) is 4.74 Å². The zero-order valence-electron chi connectivity index (χ0n) is 26.2. The number of ketones is 1. The molecule has 3 saturated carbocycles. The number of fused-ring (bicyclic) bond motifs is 7. The number of benzene rings is 2. The van der Waals surface area contributed by atoms with Crippen LogP contribution in [0.15, 0.2) is 58.6 Å². The molecule has 4 aliphatic carbocycles. The first-order valence-corrected chi connectivity index (χ1v) is 17.9.